The third-order valence-electron chi connectivity index (χ3n) is 2.73. The zero-order valence-electron chi connectivity index (χ0n) is 13.3. The maximum atomic E-state index is 12.0. The molecule has 0 saturated carbocycles. The topological polar surface area (TPSA) is 68.7 Å². The van der Waals surface area contributed by atoms with Crippen molar-refractivity contribution in [2.75, 3.05) is 26.3 Å². The molecule has 6 nitrogen and oxygen atoms in total. The lowest BCUT2D eigenvalue weighted by Gasteiger charge is -2.18. The fourth-order valence-corrected chi connectivity index (χ4v) is 1.63. The molecule has 0 aromatic carbocycles. The number of amides is 1. The summed E-state index contributed by atoms with van der Waals surface area (Å²) in [6.07, 6.45) is -0.439. The van der Waals surface area contributed by atoms with Gasteiger partial charge in [0, 0.05) is 25.4 Å². The van der Waals surface area contributed by atoms with Crippen LogP contribution < -0.4 is 4.74 Å². The SMILES string of the molecule is C=CCN(CC=C)C(=O)COC(=O)c1ccc(OCC(F)(F)F)nc1. The minimum Gasteiger partial charge on any atom is -0.468 e. The molecule has 1 rings (SSSR count). The second kappa shape index (κ2) is 9.45. The lowest BCUT2D eigenvalue weighted by atomic mass is 10.3. The third kappa shape index (κ3) is 7.51. The van der Waals surface area contributed by atoms with Crippen molar-refractivity contribution in [3.05, 3.63) is 49.2 Å². The lowest BCUT2D eigenvalue weighted by molar-refractivity contribution is -0.154. The zero-order valence-corrected chi connectivity index (χ0v) is 13.3. The smallest absolute Gasteiger partial charge is 0.422 e. The second-order valence-electron chi connectivity index (χ2n) is 4.74. The van der Waals surface area contributed by atoms with Gasteiger partial charge in [-0.15, -0.1) is 13.2 Å². The highest BCUT2D eigenvalue weighted by atomic mass is 19.4. The van der Waals surface area contributed by atoms with Gasteiger partial charge in [-0.25, -0.2) is 9.78 Å². The monoisotopic (exact) mass is 358 g/mol. The lowest BCUT2D eigenvalue weighted by Crippen LogP contribution is -2.35. The van der Waals surface area contributed by atoms with E-state index in [1.807, 2.05) is 0 Å². The molecule has 25 heavy (non-hydrogen) atoms. The average Bonchev–Trinajstić information content (AvgIpc) is 2.57. The van der Waals surface area contributed by atoms with Crippen LogP contribution in [0.5, 0.6) is 5.88 Å². The number of hydrogen-bond donors (Lipinski definition) is 0. The normalized spacial score (nSPS) is 10.7. The molecule has 0 unspecified atom stereocenters. The molecule has 0 bridgehead atoms. The van der Waals surface area contributed by atoms with Gasteiger partial charge in [0.25, 0.3) is 5.91 Å². The highest BCUT2D eigenvalue weighted by Gasteiger charge is 2.28. The Labute approximate surface area is 142 Å². The van der Waals surface area contributed by atoms with Gasteiger partial charge >= 0.3 is 12.1 Å². The van der Waals surface area contributed by atoms with Crippen LogP contribution in [0.2, 0.25) is 0 Å². The minimum atomic E-state index is -4.48. The van der Waals surface area contributed by atoms with Crippen LogP contribution in [-0.2, 0) is 9.53 Å². The van der Waals surface area contributed by atoms with E-state index < -0.39 is 31.3 Å². The Bertz CT molecular complexity index is 605. The zero-order chi connectivity index (χ0) is 18.9. The number of ether oxygens (including phenoxy) is 2. The van der Waals surface area contributed by atoms with Crippen LogP contribution in [0.15, 0.2) is 43.6 Å². The quantitative estimate of drug-likeness (QED) is 0.501. The molecule has 0 radical (unpaired) electrons. The van der Waals surface area contributed by atoms with Crippen molar-refractivity contribution in [1.82, 2.24) is 9.88 Å². The fraction of sp³-hybridized carbons (Fsp3) is 0.312. The second-order valence-corrected chi connectivity index (χ2v) is 4.74. The predicted molar refractivity (Wildman–Crippen MR) is 83.0 cm³/mol. The minimum absolute atomic E-state index is 0.0221. The van der Waals surface area contributed by atoms with Crippen molar-refractivity contribution in [3.8, 4) is 5.88 Å². The molecule has 0 atom stereocenters. The maximum Gasteiger partial charge on any atom is 0.422 e. The first-order valence-corrected chi connectivity index (χ1v) is 7.09. The van der Waals surface area contributed by atoms with Crippen LogP contribution >= 0.6 is 0 Å². The molecule has 0 aliphatic heterocycles. The number of hydrogen-bond acceptors (Lipinski definition) is 5. The van der Waals surface area contributed by atoms with Gasteiger partial charge in [-0.05, 0) is 6.07 Å². The summed E-state index contributed by atoms with van der Waals surface area (Å²) in [6.45, 7) is 5.61. The Morgan fingerprint density at radius 3 is 2.32 bits per heavy atom. The summed E-state index contributed by atoms with van der Waals surface area (Å²) in [5, 5.41) is 0. The summed E-state index contributed by atoms with van der Waals surface area (Å²) in [5.74, 6) is -1.56. The Balaban J connectivity index is 2.55. The Morgan fingerprint density at radius 1 is 1.20 bits per heavy atom. The van der Waals surface area contributed by atoms with E-state index in [1.54, 1.807) is 0 Å². The van der Waals surface area contributed by atoms with Crippen LogP contribution in [0.4, 0.5) is 13.2 Å². The van der Waals surface area contributed by atoms with Crippen LogP contribution in [-0.4, -0.2) is 54.2 Å². The van der Waals surface area contributed by atoms with Gasteiger partial charge < -0.3 is 14.4 Å². The molecular formula is C16H17F3N2O4. The van der Waals surface area contributed by atoms with Gasteiger partial charge in [0.15, 0.2) is 13.2 Å². The summed E-state index contributed by atoms with van der Waals surface area (Å²) in [4.78, 5) is 28.7. The molecule has 0 saturated heterocycles. The third-order valence-corrected chi connectivity index (χ3v) is 2.73. The number of esters is 1. The van der Waals surface area contributed by atoms with E-state index in [1.165, 1.54) is 23.1 Å². The fourth-order valence-electron chi connectivity index (χ4n) is 1.63. The molecule has 136 valence electrons. The number of halogens is 3. The number of alkyl halides is 3. The number of aromatic nitrogens is 1. The first-order chi connectivity index (χ1) is 11.8. The van der Waals surface area contributed by atoms with Gasteiger partial charge in [-0.1, -0.05) is 12.2 Å². The molecule has 1 amide bonds. The van der Waals surface area contributed by atoms with E-state index in [2.05, 4.69) is 22.9 Å². The van der Waals surface area contributed by atoms with Gasteiger partial charge in [-0.2, -0.15) is 13.2 Å². The summed E-state index contributed by atoms with van der Waals surface area (Å²) >= 11 is 0. The van der Waals surface area contributed by atoms with Crippen molar-refractivity contribution in [2.45, 2.75) is 6.18 Å². The van der Waals surface area contributed by atoms with Crippen molar-refractivity contribution >= 4 is 11.9 Å². The molecule has 0 fully saturated rings. The van der Waals surface area contributed by atoms with Crippen molar-refractivity contribution in [1.29, 1.82) is 0 Å². The molecular weight excluding hydrogens is 341 g/mol. The Kier molecular flexibility index (Phi) is 7.64. The van der Waals surface area contributed by atoms with E-state index in [0.29, 0.717) is 0 Å². The molecule has 0 aliphatic rings. The summed E-state index contributed by atoms with van der Waals surface area (Å²) in [6, 6.07) is 2.29. The number of carbonyl (C=O) groups excluding carboxylic acids is 2. The van der Waals surface area contributed by atoms with Crippen molar-refractivity contribution in [3.63, 3.8) is 0 Å². The molecule has 0 spiro atoms. The van der Waals surface area contributed by atoms with Crippen molar-refractivity contribution < 1.29 is 32.2 Å². The van der Waals surface area contributed by atoms with Gasteiger partial charge in [0.2, 0.25) is 5.88 Å². The summed E-state index contributed by atoms with van der Waals surface area (Å²) < 4.78 is 45.4. The van der Waals surface area contributed by atoms with Crippen LogP contribution in [0.25, 0.3) is 0 Å². The van der Waals surface area contributed by atoms with Gasteiger partial charge in [-0.3, -0.25) is 4.79 Å². The molecule has 9 heteroatoms. The number of rotatable bonds is 9. The number of nitrogens with zero attached hydrogens (tertiary/aromatic N) is 2. The Morgan fingerprint density at radius 2 is 1.84 bits per heavy atom. The largest absolute Gasteiger partial charge is 0.468 e. The molecule has 1 heterocycles. The van der Waals surface area contributed by atoms with Crippen molar-refractivity contribution in [2.24, 2.45) is 0 Å². The molecule has 0 aliphatic carbocycles. The highest BCUT2D eigenvalue weighted by Crippen LogP contribution is 2.17. The van der Waals surface area contributed by atoms with E-state index in [-0.39, 0.29) is 24.5 Å². The van der Waals surface area contributed by atoms with E-state index in [9.17, 15) is 22.8 Å². The summed E-state index contributed by atoms with van der Waals surface area (Å²) in [5.41, 5.74) is -0.0221. The molecule has 1 aromatic rings. The number of pyridine rings is 1. The standard InChI is InChI=1S/C16H17F3N2O4/c1-3-7-21(8-4-2)14(22)10-24-15(23)12-5-6-13(20-9-12)25-11-16(17,18)19/h3-6,9H,1-2,7-8,10-11H2. The summed E-state index contributed by atoms with van der Waals surface area (Å²) in [7, 11) is 0. The van der Waals surface area contributed by atoms with Crippen LogP contribution in [0.1, 0.15) is 10.4 Å². The van der Waals surface area contributed by atoms with Crippen LogP contribution in [0.3, 0.4) is 0 Å². The van der Waals surface area contributed by atoms with Crippen LogP contribution in [0, 0.1) is 0 Å². The van der Waals surface area contributed by atoms with Gasteiger partial charge in [0.1, 0.15) is 0 Å². The highest BCUT2D eigenvalue weighted by molar-refractivity contribution is 5.91. The predicted octanol–water partition coefficient (Wildman–Crippen LogP) is 2.38. The van der Waals surface area contributed by atoms with Gasteiger partial charge in [0.05, 0.1) is 5.56 Å². The van der Waals surface area contributed by atoms with E-state index in [4.69, 9.17) is 4.74 Å². The first kappa shape index (κ1) is 20.2. The number of carbonyl (C=O) groups is 2. The first-order valence-electron chi connectivity index (χ1n) is 7.09. The molecule has 0 N–H and O–H groups in total. The molecule has 1 aromatic heterocycles. The maximum absolute atomic E-state index is 12.0. The van der Waals surface area contributed by atoms with E-state index >= 15 is 0 Å². The van der Waals surface area contributed by atoms with E-state index in [0.717, 1.165) is 12.3 Å². The average molecular weight is 358 g/mol. The Hall–Kier alpha value is -2.84.